The molecular formula is C49H54N4OPt. The Morgan fingerprint density at radius 3 is 2.09 bits per heavy atom. The van der Waals surface area contributed by atoms with Gasteiger partial charge in [0.25, 0.3) is 0 Å². The molecule has 0 aliphatic carbocycles. The van der Waals surface area contributed by atoms with E-state index in [4.69, 9.17) is 14.8 Å². The second kappa shape index (κ2) is 15.9. The van der Waals surface area contributed by atoms with E-state index >= 15 is 0 Å². The van der Waals surface area contributed by atoms with Crippen molar-refractivity contribution in [3.05, 3.63) is 131 Å². The number of para-hydroxylation sites is 1. The van der Waals surface area contributed by atoms with Crippen LogP contribution < -0.4 is 4.74 Å². The molecular weight excluding hydrogens is 856 g/mol. The molecule has 0 N–H and O–H groups in total. The van der Waals surface area contributed by atoms with E-state index in [1.54, 1.807) is 0 Å². The zero-order chi connectivity index (χ0) is 38.4. The summed E-state index contributed by atoms with van der Waals surface area (Å²) in [4.78, 5) is 4.80. The zero-order valence-electron chi connectivity index (χ0n) is 34.1. The van der Waals surface area contributed by atoms with Crippen LogP contribution in [-0.4, -0.2) is 19.3 Å². The molecule has 7 rings (SSSR count). The Kier molecular flexibility index (Phi) is 11.7. The average molecular weight is 910 g/mol. The van der Waals surface area contributed by atoms with Crippen molar-refractivity contribution in [2.75, 3.05) is 0 Å². The first-order valence-electron chi connectivity index (χ1n) is 19.4. The average Bonchev–Trinajstić information content (AvgIpc) is 3.73. The fourth-order valence-electron chi connectivity index (χ4n) is 7.49. The summed E-state index contributed by atoms with van der Waals surface area (Å²) in [5.74, 6) is 2.48. The van der Waals surface area contributed by atoms with Gasteiger partial charge in [-0.3, -0.25) is 4.68 Å². The third-order valence-electron chi connectivity index (χ3n) is 10.6. The molecule has 0 aliphatic heterocycles. The van der Waals surface area contributed by atoms with Crippen molar-refractivity contribution in [2.24, 2.45) is 10.8 Å². The first kappa shape index (κ1) is 40.2. The van der Waals surface area contributed by atoms with Gasteiger partial charge in [0.05, 0.1) is 6.20 Å². The summed E-state index contributed by atoms with van der Waals surface area (Å²) in [5.41, 5.74) is 12.7. The standard InChI is InChI=1S/C49H54N4O.Pt/c1-32(2)35-22-25-50-46(27-35)53-44-17-12-11-16-42(44)43-19-18-39(29-45(43)53)54-38-15-13-14-37(28-38)52-31-36(30-51-52)47-40(20-23-48(5,6)7)33(3)26-34(4)41(47)21-24-49(8,9)10;/h11-19,22,25-27,30-32H,20-21,23-24H2,1-10H3;/q-2;+2. The molecule has 0 saturated carbocycles. The predicted molar refractivity (Wildman–Crippen MR) is 224 cm³/mol. The Bertz CT molecular complexity index is 2410. The van der Waals surface area contributed by atoms with Crippen molar-refractivity contribution in [2.45, 2.75) is 101 Å². The monoisotopic (exact) mass is 909 g/mol. The van der Waals surface area contributed by atoms with Crippen LogP contribution in [0, 0.1) is 36.8 Å². The summed E-state index contributed by atoms with van der Waals surface area (Å²) in [6, 6.07) is 32.3. The SMILES string of the molecule is Cc1cc(C)c(CCC(C)(C)C)c(-c2cnn(-c3[c-]c(Oc4[c-]c5c(cc4)c4ccccc4n5-c4cc(C(C)C)ccn4)ccc3)c2)c1CCC(C)(C)C.[Pt+2]. The first-order chi connectivity index (χ1) is 25.6. The van der Waals surface area contributed by atoms with Crippen molar-refractivity contribution >= 4 is 21.8 Å². The number of hydrogen-bond donors (Lipinski definition) is 0. The second-order valence-electron chi connectivity index (χ2n) is 17.7. The fraction of sp³-hybridized carbons (Fsp3) is 0.347. The predicted octanol–water partition coefficient (Wildman–Crippen LogP) is 13.1. The fourth-order valence-corrected chi connectivity index (χ4v) is 7.49. The van der Waals surface area contributed by atoms with Gasteiger partial charge in [-0.1, -0.05) is 85.2 Å². The van der Waals surface area contributed by atoms with Crippen LogP contribution in [0.2, 0.25) is 0 Å². The molecule has 0 spiro atoms. The Hall–Kier alpha value is -4.47. The Labute approximate surface area is 342 Å². The molecule has 3 heterocycles. The van der Waals surface area contributed by atoms with Crippen LogP contribution >= 0.6 is 0 Å². The van der Waals surface area contributed by atoms with E-state index in [0.717, 1.165) is 64.6 Å². The zero-order valence-corrected chi connectivity index (χ0v) is 36.4. The van der Waals surface area contributed by atoms with Gasteiger partial charge in [-0.15, -0.1) is 35.7 Å². The summed E-state index contributed by atoms with van der Waals surface area (Å²) in [6.07, 6.45) is 10.4. The van der Waals surface area contributed by atoms with E-state index in [0.29, 0.717) is 17.4 Å². The van der Waals surface area contributed by atoms with E-state index in [2.05, 4.69) is 141 Å². The van der Waals surface area contributed by atoms with Gasteiger partial charge in [-0.2, -0.15) is 17.2 Å². The van der Waals surface area contributed by atoms with Gasteiger partial charge >= 0.3 is 21.1 Å². The van der Waals surface area contributed by atoms with E-state index in [1.807, 2.05) is 41.3 Å². The van der Waals surface area contributed by atoms with Gasteiger partial charge in [0, 0.05) is 35.0 Å². The summed E-state index contributed by atoms with van der Waals surface area (Å²) < 4.78 is 10.6. The summed E-state index contributed by atoms with van der Waals surface area (Å²) >= 11 is 0. The number of nitrogens with zero attached hydrogens (tertiary/aromatic N) is 4. The minimum Gasteiger partial charge on any atom is -0.509 e. The van der Waals surface area contributed by atoms with Crippen LogP contribution in [0.4, 0.5) is 0 Å². The van der Waals surface area contributed by atoms with E-state index in [-0.39, 0.29) is 31.9 Å². The molecule has 5 nitrogen and oxygen atoms in total. The molecule has 0 bridgehead atoms. The van der Waals surface area contributed by atoms with E-state index in [9.17, 15) is 0 Å². The van der Waals surface area contributed by atoms with Gasteiger partial charge < -0.3 is 9.30 Å². The smallest absolute Gasteiger partial charge is 0.509 e. The van der Waals surface area contributed by atoms with E-state index in [1.165, 1.54) is 33.4 Å². The molecule has 6 heteroatoms. The Morgan fingerprint density at radius 1 is 0.745 bits per heavy atom. The topological polar surface area (TPSA) is 44.9 Å². The van der Waals surface area contributed by atoms with Gasteiger partial charge in [0.15, 0.2) is 0 Å². The number of aryl methyl sites for hydroxylation is 2. The minimum atomic E-state index is 0. The van der Waals surface area contributed by atoms with Crippen LogP contribution in [0.25, 0.3) is 44.4 Å². The van der Waals surface area contributed by atoms with Crippen LogP contribution in [0.3, 0.4) is 0 Å². The molecule has 0 aliphatic rings. The van der Waals surface area contributed by atoms with Crippen molar-refractivity contribution in [1.82, 2.24) is 19.3 Å². The summed E-state index contributed by atoms with van der Waals surface area (Å²) in [7, 11) is 0. The molecule has 0 fully saturated rings. The van der Waals surface area contributed by atoms with E-state index < -0.39 is 0 Å². The number of benzene rings is 4. The van der Waals surface area contributed by atoms with Gasteiger partial charge in [0.1, 0.15) is 5.82 Å². The van der Waals surface area contributed by atoms with Crippen molar-refractivity contribution < 1.29 is 25.8 Å². The number of rotatable bonds is 10. The normalized spacial score (nSPS) is 12.1. The Morgan fingerprint density at radius 2 is 1.42 bits per heavy atom. The van der Waals surface area contributed by atoms with Crippen LogP contribution in [-0.2, 0) is 33.9 Å². The maximum atomic E-state index is 6.50. The number of pyridine rings is 1. The first-order valence-corrected chi connectivity index (χ1v) is 19.4. The van der Waals surface area contributed by atoms with Gasteiger partial charge in [0.2, 0.25) is 0 Å². The van der Waals surface area contributed by atoms with Gasteiger partial charge in [-0.25, -0.2) is 4.98 Å². The van der Waals surface area contributed by atoms with Crippen molar-refractivity contribution in [1.29, 1.82) is 0 Å². The third kappa shape index (κ3) is 8.84. The number of fused-ring (bicyclic) bond motifs is 3. The molecule has 286 valence electrons. The molecule has 55 heavy (non-hydrogen) atoms. The molecule has 0 unspecified atom stereocenters. The largest absolute Gasteiger partial charge is 2.00 e. The van der Waals surface area contributed by atoms with Crippen LogP contribution in [0.15, 0.2) is 91.4 Å². The molecule has 0 atom stereocenters. The number of ether oxygens (including phenoxy) is 1. The molecule has 4 aromatic carbocycles. The number of hydrogen-bond acceptors (Lipinski definition) is 3. The Balaban J connectivity index is 0.00000514. The van der Waals surface area contributed by atoms with Crippen LogP contribution in [0.5, 0.6) is 11.5 Å². The minimum absolute atomic E-state index is 0. The molecule has 0 amide bonds. The molecule has 3 aromatic heterocycles. The third-order valence-corrected chi connectivity index (χ3v) is 10.6. The maximum absolute atomic E-state index is 6.50. The quantitative estimate of drug-likeness (QED) is 0.128. The molecule has 0 saturated heterocycles. The van der Waals surface area contributed by atoms with Crippen molar-refractivity contribution in [3.63, 3.8) is 0 Å². The number of aromatic nitrogens is 4. The van der Waals surface area contributed by atoms with Crippen molar-refractivity contribution in [3.8, 4) is 34.1 Å². The van der Waals surface area contributed by atoms with Gasteiger partial charge in [-0.05, 0) is 119 Å². The second-order valence-corrected chi connectivity index (χ2v) is 17.7. The maximum Gasteiger partial charge on any atom is 2.00 e. The molecule has 0 radical (unpaired) electrons. The summed E-state index contributed by atoms with van der Waals surface area (Å²) in [5, 5.41) is 7.17. The molecule has 7 aromatic rings. The van der Waals surface area contributed by atoms with Crippen LogP contribution in [0.1, 0.15) is 102 Å². The summed E-state index contributed by atoms with van der Waals surface area (Å²) in [6.45, 7) is 22.9.